The second-order valence-electron chi connectivity index (χ2n) is 9.66. The molecule has 33 heavy (non-hydrogen) atoms. The third-order valence-electron chi connectivity index (χ3n) is 7.41. The molecule has 1 spiro atoms. The van der Waals surface area contributed by atoms with Gasteiger partial charge in [-0.1, -0.05) is 42.8 Å². The molecule has 2 atom stereocenters. The molecule has 1 saturated heterocycles. The van der Waals surface area contributed by atoms with Gasteiger partial charge in [-0.15, -0.1) is 0 Å². The van der Waals surface area contributed by atoms with Gasteiger partial charge in [0.2, 0.25) is 15.9 Å². The van der Waals surface area contributed by atoms with Crippen molar-refractivity contribution in [2.45, 2.75) is 67.9 Å². The van der Waals surface area contributed by atoms with Gasteiger partial charge in [-0.2, -0.15) is 4.31 Å². The summed E-state index contributed by atoms with van der Waals surface area (Å²) in [5, 5.41) is 3.29. The summed E-state index contributed by atoms with van der Waals surface area (Å²) in [6.07, 6.45) is 7.71. The zero-order valence-electron chi connectivity index (χ0n) is 18.9. The molecule has 2 aromatic rings. The van der Waals surface area contributed by atoms with Crippen LogP contribution in [0.25, 0.3) is 0 Å². The van der Waals surface area contributed by atoms with Crippen LogP contribution in [0.2, 0.25) is 0 Å². The van der Waals surface area contributed by atoms with Crippen molar-refractivity contribution in [3.05, 3.63) is 60.2 Å². The molecule has 176 valence electrons. The van der Waals surface area contributed by atoms with Crippen LogP contribution in [0.15, 0.2) is 59.5 Å². The molecule has 0 aromatic heterocycles. The Labute approximate surface area is 196 Å². The van der Waals surface area contributed by atoms with Crippen molar-refractivity contribution in [2.24, 2.45) is 5.92 Å². The molecular weight excluding hydrogens is 436 g/mol. The van der Waals surface area contributed by atoms with Gasteiger partial charge in [0.1, 0.15) is 11.4 Å². The van der Waals surface area contributed by atoms with Crippen molar-refractivity contribution in [3.63, 3.8) is 0 Å². The van der Waals surface area contributed by atoms with E-state index in [1.807, 2.05) is 24.3 Å². The Morgan fingerprint density at radius 1 is 0.970 bits per heavy atom. The number of piperidine rings is 1. The van der Waals surface area contributed by atoms with Gasteiger partial charge in [0.25, 0.3) is 0 Å². The van der Waals surface area contributed by atoms with Crippen LogP contribution in [0.3, 0.4) is 0 Å². The molecule has 3 aliphatic rings. The van der Waals surface area contributed by atoms with E-state index in [0.29, 0.717) is 19.4 Å². The molecule has 1 saturated carbocycles. The molecule has 1 aliphatic carbocycles. The highest BCUT2D eigenvalue weighted by Crippen LogP contribution is 2.46. The first kappa shape index (κ1) is 22.4. The highest BCUT2D eigenvalue weighted by molar-refractivity contribution is 7.89. The lowest BCUT2D eigenvalue weighted by Crippen LogP contribution is -2.49. The van der Waals surface area contributed by atoms with E-state index in [2.05, 4.69) is 5.32 Å². The van der Waals surface area contributed by atoms with Gasteiger partial charge in [-0.05, 0) is 56.7 Å². The van der Waals surface area contributed by atoms with E-state index in [-0.39, 0.29) is 34.9 Å². The highest BCUT2D eigenvalue weighted by atomic mass is 32.2. The number of hydrogen-bond donors (Lipinski definition) is 1. The van der Waals surface area contributed by atoms with Crippen LogP contribution in [0.5, 0.6) is 5.75 Å². The van der Waals surface area contributed by atoms with E-state index in [0.717, 1.165) is 43.4 Å². The van der Waals surface area contributed by atoms with Crippen molar-refractivity contribution >= 4 is 15.9 Å². The Hall–Kier alpha value is -2.38. The van der Waals surface area contributed by atoms with Gasteiger partial charge in [0, 0.05) is 25.1 Å². The SMILES string of the molecule is O=C(N[C@H]1CC2(CCCCC2)Oc2ccccc21)[C@H]1CCCN(S(=O)(=O)c2ccccc2)C1. The maximum absolute atomic E-state index is 13.4. The zero-order chi connectivity index (χ0) is 22.9. The van der Waals surface area contributed by atoms with Crippen molar-refractivity contribution < 1.29 is 17.9 Å². The maximum Gasteiger partial charge on any atom is 0.243 e. The lowest BCUT2D eigenvalue weighted by molar-refractivity contribution is -0.127. The summed E-state index contributed by atoms with van der Waals surface area (Å²) >= 11 is 0. The molecule has 2 fully saturated rings. The number of fused-ring (bicyclic) bond motifs is 1. The summed E-state index contributed by atoms with van der Waals surface area (Å²) < 4.78 is 34.1. The first-order chi connectivity index (χ1) is 16.0. The normalized spacial score (nSPS) is 25.1. The van der Waals surface area contributed by atoms with Crippen LogP contribution in [-0.4, -0.2) is 37.3 Å². The van der Waals surface area contributed by atoms with Crippen molar-refractivity contribution in [2.75, 3.05) is 13.1 Å². The number of ether oxygens (including phenoxy) is 1. The van der Waals surface area contributed by atoms with Gasteiger partial charge in [0.15, 0.2) is 0 Å². The number of para-hydroxylation sites is 1. The van der Waals surface area contributed by atoms with Crippen LogP contribution in [-0.2, 0) is 14.8 Å². The standard InChI is InChI=1S/C26H32N2O4S/c29-25(20-10-9-17-28(19-20)33(30,31)21-11-3-1-4-12-21)27-23-18-26(15-7-2-8-16-26)32-24-14-6-5-13-22(23)24/h1,3-6,11-14,20,23H,2,7-10,15-19H2,(H,27,29)/t20-,23-/m0/s1. The maximum atomic E-state index is 13.4. The average Bonchev–Trinajstić information content (AvgIpc) is 2.85. The second-order valence-corrected chi connectivity index (χ2v) is 11.6. The molecule has 5 rings (SSSR count). The van der Waals surface area contributed by atoms with Crippen LogP contribution >= 0.6 is 0 Å². The second kappa shape index (κ2) is 9.11. The van der Waals surface area contributed by atoms with Crippen molar-refractivity contribution in [3.8, 4) is 5.75 Å². The Morgan fingerprint density at radius 3 is 2.48 bits per heavy atom. The highest BCUT2D eigenvalue weighted by Gasteiger charge is 2.43. The number of carbonyl (C=O) groups excluding carboxylic acids is 1. The minimum atomic E-state index is -3.60. The lowest BCUT2D eigenvalue weighted by atomic mass is 9.77. The van der Waals surface area contributed by atoms with Crippen LogP contribution in [0.4, 0.5) is 0 Å². The van der Waals surface area contributed by atoms with Gasteiger partial charge >= 0.3 is 0 Å². The van der Waals surface area contributed by atoms with E-state index >= 15 is 0 Å². The van der Waals surface area contributed by atoms with Crippen LogP contribution in [0, 0.1) is 5.92 Å². The number of hydrogen-bond acceptors (Lipinski definition) is 4. The topological polar surface area (TPSA) is 75.7 Å². The van der Waals surface area contributed by atoms with E-state index in [9.17, 15) is 13.2 Å². The van der Waals surface area contributed by atoms with E-state index < -0.39 is 10.0 Å². The first-order valence-corrected chi connectivity index (χ1v) is 13.5. The molecule has 1 amide bonds. The molecule has 0 unspecified atom stereocenters. The molecule has 7 heteroatoms. The van der Waals surface area contributed by atoms with Crippen molar-refractivity contribution in [1.82, 2.24) is 9.62 Å². The van der Waals surface area contributed by atoms with Gasteiger partial charge in [-0.3, -0.25) is 4.79 Å². The summed E-state index contributed by atoms with van der Waals surface area (Å²) in [5.74, 6) is 0.457. The number of sulfonamides is 1. The smallest absolute Gasteiger partial charge is 0.243 e. The molecule has 2 aliphatic heterocycles. The predicted octanol–water partition coefficient (Wildman–Crippen LogP) is 4.43. The summed E-state index contributed by atoms with van der Waals surface area (Å²) in [7, 11) is -3.60. The first-order valence-electron chi connectivity index (χ1n) is 12.1. The molecule has 0 radical (unpaired) electrons. The van der Waals surface area contributed by atoms with E-state index in [1.54, 1.807) is 30.3 Å². The quantitative estimate of drug-likeness (QED) is 0.720. The summed E-state index contributed by atoms with van der Waals surface area (Å²) in [6, 6.07) is 16.4. The fraction of sp³-hybridized carbons (Fsp3) is 0.500. The Bertz CT molecular complexity index is 1100. The van der Waals surface area contributed by atoms with Crippen LogP contribution < -0.4 is 10.1 Å². The van der Waals surface area contributed by atoms with E-state index in [1.165, 1.54) is 10.7 Å². The third kappa shape index (κ3) is 4.53. The average molecular weight is 469 g/mol. The fourth-order valence-corrected chi connectivity index (χ4v) is 7.20. The molecule has 0 bridgehead atoms. The van der Waals surface area contributed by atoms with Gasteiger partial charge in [-0.25, -0.2) is 8.42 Å². The van der Waals surface area contributed by atoms with E-state index in [4.69, 9.17) is 4.74 Å². The zero-order valence-corrected chi connectivity index (χ0v) is 19.7. The lowest BCUT2D eigenvalue weighted by Gasteiger charge is -2.45. The summed E-state index contributed by atoms with van der Waals surface area (Å²) in [4.78, 5) is 13.7. The predicted molar refractivity (Wildman–Crippen MR) is 126 cm³/mol. The minimum Gasteiger partial charge on any atom is -0.487 e. The number of amides is 1. The Morgan fingerprint density at radius 2 is 1.70 bits per heavy atom. The Balaban J connectivity index is 1.32. The van der Waals surface area contributed by atoms with Gasteiger partial charge < -0.3 is 10.1 Å². The van der Waals surface area contributed by atoms with Crippen LogP contribution in [0.1, 0.15) is 63.0 Å². The fourth-order valence-electron chi connectivity index (χ4n) is 5.66. The molecule has 6 nitrogen and oxygen atoms in total. The molecule has 1 N–H and O–H groups in total. The molecular formula is C26H32N2O4S. The number of rotatable bonds is 4. The Kier molecular flexibility index (Phi) is 6.18. The third-order valence-corrected chi connectivity index (χ3v) is 9.29. The largest absolute Gasteiger partial charge is 0.487 e. The minimum absolute atomic E-state index is 0.0596. The monoisotopic (exact) mass is 468 g/mol. The number of carbonyl (C=O) groups is 1. The van der Waals surface area contributed by atoms with Crippen molar-refractivity contribution in [1.29, 1.82) is 0 Å². The number of nitrogens with zero attached hydrogens (tertiary/aromatic N) is 1. The number of benzene rings is 2. The summed E-state index contributed by atoms with van der Waals surface area (Å²) in [6.45, 7) is 0.670. The molecule has 2 heterocycles. The van der Waals surface area contributed by atoms with Gasteiger partial charge in [0.05, 0.1) is 16.9 Å². The number of nitrogens with one attached hydrogen (secondary N) is 1. The summed E-state index contributed by atoms with van der Waals surface area (Å²) in [5.41, 5.74) is 0.811. The molecule has 2 aromatic carbocycles.